The molecule has 0 heterocycles. The topological polar surface area (TPSA) is 36.9 Å². The maximum atomic E-state index is 6.99. The van der Waals surface area contributed by atoms with Gasteiger partial charge in [0.2, 0.25) is 0 Å². The molecule has 32 heavy (non-hydrogen) atoms. The first kappa shape index (κ1) is 29.9. The third-order valence-corrected chi connectivity index (χ3v) is 25.6. The summed E-state index contributed by atoms with van der Waals surface area (Å²) in [6, 6.07) is 12.7. The highest BCUT2D eigenvalue weighted by Crippen LogP contribution is 2.29. The van der Waals surface area contributed by atoms with E-state index in [2.05, 4.69) is 97.1 Å². The highest BCUT2D eigenvalue weighted by atomic mass is 28.5. The molecule has 0 aromatic heterocycles. The second kappa shape index (κ2) is 12.0. The zero-order valence-electron chi connectivity index (χ0n) is 22.3. The van der Waals surface area contributed by atoms with Crippen LogP contribution in [0.1, 0.15) is 33.1 Å². The summed E-state index contributed by atoms with van der Waals surface area (Å²) in [6.07, 6.45) is 3.53. The quantitative estimate of drug-likeness (QED) is 0.226. The van der Waals surface area contributed by atoms with Crippen LogP contribution in [0, 0.1) is 0 Å². The van der Waals surface area contributed by atoms with Crippen LogP contribution in [0.15, 0.2) is 42.6 Å². The van der Waals surface area contributed by atoms with Crippen molar-refractivity contribution in [2.75, 3.05) is 0 Å². The molecule has 2 unspecified atom stereocenters. The highest BCUT2D eigenvalue weighted by Gasteiger charge is 2.49. The highest BCUT2D eigenvalue weighted by molar-refractivity contribution is 6.96. The first-order valence-electron chi connectivity index (χ1n) is 12.1. The van der Waals surface area contributed by atoms with E-state index in [4.69, 9.17) is 16.5 Å². The van der Waals surface area contributed by atoms with Gasteiger partial charge >= 0.3 is 25.7 Å². The average molecular weight is 529 g/mol. The smallest absolute Gasteiger partial charge is 0.350 e. The van der Waals surface area contributed by atoms with E-state index in [9.17, 15) is 0 Å². The molecule has 1 rings (SSSR count). The molecule has 0 aliphatic carbocycles. The molecule has 0 saturated heterocycles. The predicted molar refractivity (Wildman–Crippen MR) is 151 cm³/mol. The van der Waals surface area contributed by atoms with Gasteiger partial charge in [-0.1, -0.05) is 69.1 Å². The van der Waals surface area contributed by atoms with Gasteiger partial charge in [-0.3, -0.25) is 0 Å². The standard InChI is InChI=1S/C23H48O4Si5/c1-12-15-22-29(6,7)24-30(8,9)26-31(10,14-3)27-32(11,23-19-17-16-18-20-23)25-28(4,5)21-13-2/h14,16-20H,3,12-13,15,21-22H2,1-2,4-11H3. The Bertz CT molecular complexity index is 714. The average Bonchev–Trinajstić information content (AvgIpc) is 2.65. The lowest BCUT2D eigenvalue weighted by Gasteiger charge is -2.43. The van der Waals surface area contributed by atoms with Crippen molar-refractivity contribution >= 4 is 47.5 Å². The minimum absolute atomic E-state index is 1.11. The summed E-state index contributed by atoms with van der Waals surface area (Å²) in [6.45, 7) is 26.4. The van der Waals surface area contributed by atoms with Gasteiger partial charge in [-0.25, -0.2) is 0 Å². The van der Waals surface area contributed by atoms with Gasteiger partial charge in [0.15, 0.2) is 16.6 Å². The van der Waals surface area contributed by atoms with E-state index in [1.165, 1.54) is 12.8 Å². The maximum absolute atomic E-state index is 6.99. The number of hydrogen-bond acceptors (Lipinski definition) is 4. The minimum Gasteiger partial charge on any atom is -0.436 e. The summed E-state index contributed by atoms with van der Waals surface area (Å²) in [5.74, 6) is 0. The van der Waals surface area contributed by atoms with Gasteiger partial charge in [0.25, 0.3) is 0 Å². The molecule has 0 amide bonds. The van der Waals surface area contributed by atoms with Crippen LogP contribution in [0.2, 0.25) is 64.5 Å². The Morgan fingerprint density at radius 1 is 0.719 bits per heavy atom. The van der Waals surface area contributed by atoms with Crippen molar-refractivity contribution in [2.45, 2.75) is 97.6 Å². The number of rotatable bonds is 15. The molecule has 0 aliphatic rings. The molecule has 0 spiro atoms. The van der Waals surface area contributed by atoms with E-state index in [0.29, 0.717) is 0 Å². The van der Waals surface area contributed by atoms with Gasteiger partial charge in [-0.05, 0) is 69.7 Å². The second-order valence-electron chi connectivity index (χ2n) is 10.7. The Morgan fingerprint density at radius 2 is 1.28 bits per heavy atom. The number of hydrogen-bond donors (Lipinski definition) is 0. The fourth-order valence-corrected chi connectivity index (χ4v) is 28.2. The van der Waals surface area contributed by atoms with Crippen molar-refractivity contribution < 1.29 is 16.5 Å². The molecule has 0 radical (unpaired) electrons. The second-order valence-corrected chi connectivity index (χ2v) is 29.7. The molecule has 2 atom stereocenters. The predicted octanol–water partition coefficient (Wildman–Crippen LogP) is 7.15. The van der Waals surface area contributed by atoms with E-state index < -0.39 is 42.3 Å². The van der Waals surface area contributed by atoms with Crippen LogP contribution < -0.4 is 5.19 Å². The number of benzene rings is 1. The van der Waals surface area contributed by atoms with Crippen LogP contribution in [0.25, 0.3) is 0 Å². The molecule has 0 bridgehead atoms. The lowest BCUT2D eigenvalue weighted by Crippen LogP contribution is -2.64. The molecule has 9 heteroatoms. The summed E-state index contributed by atoms with van der Waals surface area (Å²) in [4.78, 5) is 0. The fourth-order valence-electron chi connectivity index (χ4n) is 4.38. The SMILES string of the molecule is C=C[Si](C)(O[Si](C)(C)O[Si](C)(C)CCCC)O[Si](C)(O[Si](C)(C)CCC)c1ccccc1. The monoisotopic (exact) mass is 528 g/mol. The van der Waals surface area contributed by atoms with Gasteiger partial charge in [-0.15, -0.1) is 6.58 Å². The largest absolute Gasteiger partial charge is 0.436 e. The molecular formula is C23H48O4Si5. The summed E-state index contributed by atoms with van der Waals surface area (Å²) in [5.41, 5.74) is 1.91. The third-order valence-electron chi connectivity index (χ3n) is 5.49. The van der Waals surface area contributed by atoms with Gasteiger partial charge in [0.05, 0.1) is 0 Å². The van der Waals surface area contributed by atoms with Crippen molar-refractivity contribution in [3.63, 3.8) is 0 Å². The molecule has 0 N–H and O–H groups in total. The molecule has 0 saturated carbocycles. The van der Waals surface area contributed by atoms with Gasteiger partial charge in [0.1, 0.15) is 0 Å². The van der Waals surface area contributed by atoms with Crippen LogP contribution >= 0.6 is 0 Å². The lowest BCUT2D eigenvalue weighted by molar-refractivity contribution is 0.306. The normalized spacial score (nSPS) is 16.9. The Balaban J connectivity index is 3.20. The molecular weight excluding hydrogens is 481 g/mol. The van der Waals surface area contributed by atoms with Crippen molar-refractivity contribution in [1.82, 2.24) is 0 Å². The Labute approximate surface area is 203 Å². The van der Waals surface area contributed by atoms with Gasteiger partial charge < -0.3 is 16.5 Å². The van der Waals surface area contributed by atoms with Crippen molar-refractivity contribution in [3.8, 4) is 0 Å². The summed E-state index contributed by atoms with van der Waals surface area (Å²) >= 11 is 0. The van der Waals surface area contributed by atoms with E-state index >= 15 is 0 Å². The van der Waals surface area contributed by atoms with Gasteiger partial charge in [0, 0.05) is 0 Å². The Morgan fingerprint density at radius 3 is 1.78 bits per heavy atom. The van der Waals surface area contributed by atoms with Crippen molar-refractivity contribution in [2.24, 2.45) is 0 Å². The zero-order valence-corrected chi connectivity index (χ0v) is 27.3. The molecule has 184 valence electrons. The summed E-state index contributed by atoms with van der Waals surface area (Å²) in [5, 5.41) is 1.15. The fraction of sp³-hybridized carbons (Fsp3) is 0.652. The Hall–Kier alpha value is -0.116. The van der Waals surface area contributed by atoms with E-state index in [1.54, 1.807) is 0 Å². The zero-order chi connectivity index (χ0) is 24.7. The molecule has 4 nitrogen and oxygen atoms in total. The van der Waals surface area contributed by atoms with Crippen molar-refractivity contribution in [1.29, 1.82) is 0 Å². The lowest BCUT2D eigenvalue weighted by atomic mass is 10.4. The van der Waals surface area contributed by atoms with Crippen LogP contribution in [0.5, 0.6) is 0 Å². The van der Waals surface area contributed by atoms with Crippen LogP contribution in [-0.2, 0) is 16.5 Å². The van der Waals surface area contributed by atoms with E-state index in [0.717, 1.165) is 23.7 Å². The molecule has 0 aliphatic heterocycles. The molecule has 1 aromatic carbocycles. The van der Waals surface area contributed by atoms with Crippen LogP contribution in [-0.4, -0.2) is 42.3 Å². The summed E-state index contributed by atoms with van der Waals surface area (Å²) < 4.78 is 27.5. The molecule has 1 aromatic rings. The number of unbranched alkanes of at least 4 members (excludes halogenated alkanes) is 1. The summed E-state index contributed by atoms with van der Waals surface area (Å²) in [7, 11) is -11.6. The third kappa shape index (κ3) is 10.0. The first-order valence-corrected chi connectivity index (χ1v) is 25.9. The van der Waals surface area contributed by atoms with E-state index in [1.807, 2.05) is 11.8 Å². The first-order chi connectivity index (χ1) is 14.6. The minimum atomic E-state index is -2.75. The molecule has 0 fully saturated rings. The Kier molecular flexibility index (Phi) is 11.2. The maximum Gasteiger partial charge on any atom is 0.350 e. The van der Waals surface area contributed by atoms with E-state index in [-0.39, 0.29) is 0 Å². The van der Waals surface area contributed by atoms with Crippen LogP contribution in [0.3, 0.4) is 0 Å². The van der Waals surface area contributed by atoms with Crippen LogP contribution in [0.4, 0.5) is 0 Å². The van der Waals surface area contributed by atoms with Gasteiger partial charge in [-0.2, -0.15) is 0 Å². The van der Waals surface area contributed by atoms with Crippen molar-refractivity contribution in [3.05, 3.63) is 42.6 Å².